The predicted octanol–water partition coefficient (Wildman–Crippen LogP) is 6.60. The lowest BCUT2D eigenvalue weighted by Gasteiger charge is -2.18. The third-order valence-electron chi connectivity index (χ3n) is 7.00. The lowest BCUT2D eigenvalue weighted by Crippen LogP contribution is -2.42. The second-order valence-electron chi connectivity index (χ2n) is 9.58. The molecular weight excluding hydrogens is 549 g/mol. The van der Waals surface area contributed by atoms with E-state index in [0.29, 0.717) is 22.6 Å². The highest BCUT2D eigenvalue weighted by molar-refractivity contribution is 6.30. The van der Waals surface area contributed by atoms with E-state index >= 15 is 0 Å². The van der Waals surface area contributed by atoms with Crippen LogP contribution in [0.5, 0.6) is 11.5 Å². The van der Waals surface area contributed by atoms with Gasteiger partial charge in [0.1, 0.15) is 36.6 Å². The van der Waals surface area contributed by atoms with E-state index < -0.39 is 23.9 Å². The minimum atomic E-state index is -1.23. The Kier molecular flexibility index (Phi) is 8.40. The molecule has 1 amide bonds. The van der Waals surface area contributed by atoms with Crippen LogP contribution in [0.3, 0.4) is 0 Å². The summed E-state index contributed by atoms with van der Waals surface area (Å²) in [6.07, 6.45) is -0.816. The first kappa shape index (κ1) is 28.0. The van der Waals surface area contributed by atoms with Crippen molar-refractivity contribution in [2.45, 2.75) is 25.0 Å². The minimum absolute atomic E-state index is 0.00109. The molecule has 0 heterocycles. The summed E-state index contributed by atoms with van der Waals surface area (Å²) in [6, 6.07) is 23.9. The molecule has 0 saturated carbocycles. The summed E-state index contributed by atoms with van der Waals surface area (Å²) in [4.78, 5) is 24.8. The summed E-state index contributed by atoms with van der Waals surface area (Å²) in [5, 5.41) is 12.2. The largest absolute Gasteiger partial charge is 0.496 e. The third kappa shape index (κ3) is 6.28. The van der Waals surface area contributed by atoms with Gasteiger partial charge in [-0.2, -0.15) is 0 Å². The Morgan fingerprint density at radius 3 is 2.29 bits per heavy atom. The number of fused-ring (bicyclic) bond motifs is 3. The molecule has 9 heteroatoms. The number of carbonyl (C=O) groups is 2. The molecule has 0 spiro atoms. The number of carboxylic acid groups (broad SMARTS) is 1. The molecule has 0 bridgehead atoms. The first-order valence-corrected chi connectivity index (χ1v) is 13.3. The number of amides is 1. The Morgan fingerprint density at radius 2 is 1.66 bits per heavy atom. The van der Waals surface area contributed by atoms with Crippen molar-refractivity contribution in [3.63, 3.8) is 0 Å². The van der Waals surface area contributed by atoms with Gasteiger partial charge in [-0.05, 0) is 52.1 Å². The Balaban J connectivity index is 1.24. The fraction of sp³-hybridized carbons (Fsp3) is 0.188. The number of hydrogen-bond acceptors (Lipinski definition) is 5. The maximum absolute atomic E-state index is 13.5. The number of alkyl carbamates (subject to hydrolysis) is 1. The quantitative estimate of drug-likeness (QED) is 0.221. The van der Waals surface area contributed by atoms with Crippen LogP contribution < -0.4 is 14.8 Å². The standard InChI is InChI=1S/C32H27ClFNO6/c1-39-30-13-10-19(14-20(30)17-40-21-11-12-28(34)27(33)16-21)15-29(31(36)37)35-32(38)41-18-26-24-8-4-2-6-22(24)23-7-3-5-9-25(23)26/h2-14,16,26,29H,15,17-18H2,1H3,(H,35,38)(H,36,37). The Labute approximate surface area is 241 Å². The zero-order valence-electron chi connectivity index (χ0n) is 22.1. The van der Waals surface area contributed by atoms with Gasteiger partial charge in [0.25, 0.3) is 0 Å². The van der Waals surface area contributed by atoms with Crippen LogP contribution in [-0.2, 0) is 22.6 Å². The van der Waals surface area contributed by atoms with E-state index in [-0.39, 0.29) is 30.6 Å². The second kappa shape index (κ2) is 12.3. The van der Waals surface area contributed by atoms with E-state index in [1.807, 2.05) is 48.5 Å². The first-order chi connectivity index (χ1) is 19.8. The van der Waals surface area contributed by atoms with Gasteiger partial charge >= 0.3 is 12.1 Å². The zero-order valence-corrected chi connectivity index (χ0v) is 22.9. The van der Waals surface area contributed by atoms with Crippen molar-refractivity contribution in [3.05, 3.63) is 118 Å². The maximum Gasteiger partial charge on any atom is 0.407 e. The third-order valence-corrected chi connectivity index (χ3v) is 7.29. The van der Waals surface area contributed by atoms with Crippen molar-refractivity contribution in [1.29, 1.82) is 0 Å². The van der Waals surface area contributed by atoms with Crippen LogP contribution in [0.2, 0.25) is 5.02 Å². The highest BCUT2D eigenvalue weighted by Crippen LogP contribution is 2.44. The maximum atomic E-state index is 13.5. The summed E-state index contributed by atoms with van der Waals surface area (Å²) in [5.74, 6) is -1.01. The van der Waals surface area contributed by atoms with Crippen LogP contribution in [0.4, 0.5) is 9.18 Å². The molecule has 0 fully saturated rings. The average Bonchev–Trinajstić information content (AvgIpc) is 3.30. The van der Waals surface area contributed by atoms with Crippen molar-refractivity contribution in [3.8, 4) is 22.6 Å². The van der Waals surface area contributed by atoms with Gasteiger partial charge in [0.15, 0.2) is 0 Å². The molecule has 0 aromatic heterocycles. The minimum Gasteiger partial charge on any atom is -0.496 e. The fourth-order valence-corrected chi connectivity index (χ4v) is 5.19. The van der Waals surface area contributed by atoms with E-state index in [0.717, 1.165) is 22.3 Å². The van der Waals surface area contributed by atoms with Crippen molar-refractivity contribution >= 4 is 23.7 Å². The number of benzene rings is 4. The Hall–Kier alpha value is -4.56. The topological polar surface area (TPSA) is 94.1 Å². The number of ether oxygens (including phenoxy) is 3. The number of carboxylic acids is 1. The van der Waals surface area contributed by atoms with E-state index in [2.05, 4.69) is 5.32 Å². The summed E-state index contributed by atoms with van der Waals surface area (Å²) < 4.78 is 30.1. The van der Waals surface area contributed by atoms with Gasteiger partial charge in [-0.15, -0.1) is 0 Å². The van der Waals surface area contributed by atoms with Crippen molar-refractivity contribution in [2.24, 2.45) is 0 Å². The highest BCUT2D eigenvalue weighted by Gasteiger charge is 2.30. The van der Waals surface area contributed by atoms with Crippen LogP contribution in [0.15, 0.2) is 84.9 Å². The zero-order chi connectivity index (χ0) is 28.9. The number of hydrogen-bond donors (Lipinski definition) is 2. The van der Waals surface area contributed by atoms with E-state index in [1.54, 1.807) is 18.2 Å². The molecule has 7 nitrogen and oxygen atoms in total. The SMILES string of the molecule is COc1ccc(CC(NC(=O)OCC2c3ccccc3-c3ccccc32)C(=O)O)cc1COc1ccc(F)c(Cl)c1. The number of halogens is 2. The highest BCUT2D eigenvalue weighted by atomic mass is 35.5. The molecule has 0 aliphatic heterocycles. The molecule has 210 valence electrons. The number of rotatable bonds is 10. The Morgan fingerprint density at radius 1 is 0.976 bits per heavy atom. The summed E-state index contributed by atoms with van der Waals surface area (Å²) in [7, 11) is 1.51. The molecule has 0 saturated heterocycles. The van der Waals surface area contributed by atoms with E-state index in [1.165, 1.54) is 25.3 Å². The Bertz CT molecular complexity index is 1550. The predicted molar refractivity (Wildman–Crippen MR) is 152 cm³/mol. The van der Waals surface area contributed by atoms with Gasteiger partial charge in [0.05, 0.1) is 12.1 Å². The first-order valence-electron chi connectivity index (χ1n) is 12.9. The van der Waals surface area contributed by atoms with Gasteiger partial charge < -0.3 is 24.6 Å². The van der Waals surface area contributed by atoms with Crippen LogP contribution >= 0.6 is 11.6 Å². The van der Waals surface area contributed by atoms with Crippen molar-refractivity contribution in [2.75, 3.05) is 13.7 Å². The fourth-order valence-electron chi connectivity index (χ4n) is 5.02. The molecule has 4 aromatic carbocycles. The molecular formula is C32H27ClFNO6. The van der Waals surface area contributed by atoms with Crippen LogP contribution in [0, 0.1) is 5.82 Å². The molecule has 1 aliphatic carbocycles. The smallest absolute Gasteiger partial charge is 0.407 e. The normalized spacial score (nSPS) is 12.7. The molecule has 5 rings (SSSR count). The van der Waals surface area contributed by atoms with E-state index in [9.17, 15) is 19.1 Å². The number of methoxy groups -OCH3 is 1. The molecule has 2 N–H and O–H groups in total. The van der Waals surface area contributed by atoms with Crippen LogP contribution in [0.1, 0.15) is 28.2 Å². The van der Waals surface area contributed by atoms with Gasteiger partial charge in [0.2, 0.25) is 0 Å². The molecule has 1 aliphatic rings. The van der Waals surface area contributed by atoms with E-state index in [4.69, 9.17) is 25.8 Å². The number of nitrogens with one attached hydrogen (secondary N) is 1. The second-order valence-corrected chi connectivity index (χ2v) is 9.98. The van der Waals surface area contributed by atoms with Crippen LogP contribution in [-0.4, -0.2) is 36.9 Å². The van der Waals surface area contributed by atoms with Gasteiger partial charge in [-0.25, -0.2) is 14.0 Å². The molecule has 1 unspecified atom stereocenters. The van der Waals surface area contributed by atoms with Gasteiger partial charge in [-0.3, -0.25) is 0 Å². The van der Waals surface area contributed by atoms with Gasteiger partial charge in [0, 0.05) is 24.0 Å². The monoisotopic (exact) mass is 575 g/mol. The number of carbonyl (C=O) groups excluding carboxylic acids is 1. The lowest BCUT2D eigenvalue weighted by atomic mass is 9.98. The number of aliphatic carboxylic acids is 1. The van der Waals surface area contributed by atoms with Crippen molar-refractivity contribution in [1.82, 2.24) is 5.32 Å². The molecule has 1 atom stereocenters. The summed E-state index contributed by atoms with van der Waals surface area (Å²) in [6.45, 7) is 0.139. The molecule has 41 heavy (non-hydrogen) atoms. The summed E-state index contributed by atoms with van der Waals surface area (Å²) in [5.41, 5.74) is 5.59. The lowest BCUT2D eigenvalue weighted by molar-refractivity contribution is -0.139. The van der Waals surface area contributed by atoms with Crippen LogP contribution in [0.25, 0.3) is 11.1 Å². The molecule has 0 radical (unpaired) electrons. The van der Waals surface area contributed by atoms with Crippen molar-refractivity contribution < 1.29 is 33.3 Å². The molecule has 4 aromatic rings. The average molecular weight is 576 g/mol. The summed E-state index contributed by atoms with van der Waals surface area (Å²) >= 11 is 5.83. The van der Waals surface area contributed by atoms with Gasteiger partial charge in [-0.1, -0.05) is 66.2 Å².